The fourth-order valence-electron chi connectivity index (χ4n) is 3.66. The smallest absolute Gasteiger partial charge is 0.263 e. The Morgan fingerprint density at radius 2 is 2.00 bits per heavy atom. The van der Waals surface area contributed by atoms with Gasteiger partial charge in [0.15, 0.2) is 0 Å². The average molecular weight is 351 g/mol. The van der Waals surface area contributed by atoms with Crippen LogP contribution in [0.15, 0.2) is 28.8 Å². The van der Waals surface area contributed by atoms with Crippen LogP contribution >= 0.6 is 0 Å². The number of aryl methyl sites for hydroxylation is 2. The van der Waals surface area contributed by atoms with E-state index in [-0.39, 0.29) is 0 Å². The zero-order valence-electron chi connectivity index (χ0n) is 15.6. The number of rotatable bonds is 4. The van der Waals surface area contributed by atoms with Crippen LogP contribution < -0.4 is 10.2 Å². The molecule has 1 atom stereocenters. The highest BCUT2D eigenvalue weighted by Gasteiger charge is 2.17. The zero-order valence-corrected chi connectivity index (χ0v) is 15.6. The summed E-state index contributed by atoms with van der Waals surface area (Å²) in [5.41, 5.74) is 3.87. The first kappa shape index (κ1) is 16.8. The Bertz CT molecular complexity index is 902. The Kier molecular flexibility index (Phi) is 4.49. The van der Waals surface area contributed by atoms with Crippen molar-refractivity contribution in [1.82, 2.24) is 15.1 Å². The third-order valence-electron chi connectivity index (χ3n) is 5.04. The molecule has 1 fully saturated rings. The molecule has 136 valence electrons. The minimum absolute atomic E-state index is 0.534. The van der Waals surface area contributed by atoms with Crippen molar-refractivity contribution in [2.24, 2.45) is 5.92 Å². The van der Waals surface area contributed by atoms with E-state index in [0.29, 0.717) is 18.1 Å². The van der Waals surface area contributed by atoms with Gasteiger partial charge in [-0.3, -0.25) is 0 Å². The lowest BCUT2D eigenvalue weighted by Crippen LogP contribution is -2.34. The molecule has 0 amide bonds. The molecular formula is C20H25N5O. The van der Waals surface area contributed by atoms with Gasteiger partial charge in [0.2, 0.25) is 0 Å². The molecule has 0 spiro atoms. The summed E-state index contributed by atoms with van der Waals surface area (Å²) in [6.45, 7) is 9.12. The molecule has 0 bridgehead atoms. The highest BCUT2D eigenvalue weighted by molar-refractivity contribution is 5.87. The third kappa shape index (κ3) is 3.36. The summed E-state index contributed by atoms with van der Waals surface area (Å²) in [7, 11) is 0. The molecule has 6 nitrogen and oxygen atoms in total. The maximum atomic E-state index is 5.27. The summed E-state index contributed by atoms with van der Waals surface area (Å²) in [4.78, 5) is 11.3. The van der Waals surface area contributed by atoms with Gasteiger partial charge in [-0.05, 0) is 50.3 Å². The van der Waals surface area contributed by atoms with Gasteiger partial charge < -0.3 is 14.7 Å². The largest absolute Gasteiger partial charge is 0.371 e. The van der Waals surface area contributed by atoms with Crippen LogP contribution in [0.4, 0.5) is 11.5 Å². The van der Waals surface area contributed by atoms with Gasteiger partial charge >= 0.3 is 0 Å². The first-order chi connectivity index (χ1) is 12.6. The molecule has 1 saturated heterocycles. The zero-order chi connectivity index (χ0) is 18.1. The summed E-state index contributed by atoms with van der Waals surface area (Å²) in [6, 6.07) is 8.82. The van der Waals surface area contributed by atoms with Gasteiger partial charge in [-0.2, -0.15) is 4.98 Å². The highest BCUT2D eigenvalue weighted by Crippen LogP contribution is 2.25. The SMILES string of the molecule is Cc1nc(NCc2ccc(N3CCC[C@@H](C)C3)cc2)c2c(C)noc2n1. The van der Waals surface area contributed by atoms with Crippen LogP contribution in [0, 0.1) is 19.8 Å². The number of nitrogens with one attached hydrogen (secondary N) is 1. The topological polar surface area (TPSA) is 67.1 Å². The molecule has 4 rings (SSSR count). The van der Waals surface area contributed by atoms with E-state index >= 15 is 0 Å². The van der Waals surface area contributed by atoms with Crippen molar-refractivity contribution in [3.05, 3.63) is 41.3 Å². The maximum Gasteiger partial charge on any atom is 0.263 e. The molecule has 3 heterocycles. The third-order valence-corrected chi connectivity index (χ3v) is 5.04. The lowest BCUT2D eigenvalue weighted by atomic mass is 9.99. The molecule has 3 aromatic rings. The van der Waals surface area contributed by atoms with Crippen molar-refractivity contribution in [2.75, 3.05) is 23.3 Å². The molecule has 0 unspecified atom stereocenters. The van der Waals surface area contributed by atoms with E-state index in [1.807, 2.05) is 13.8 Å². The number of benzene rings is 1. The van der Waals surface area contributed by atoms with Crippen molar-refractivity contribution in [3.63, 3.8) is 0 Å². The predicted octanol–water partition coefficient (Wildman–Crippen LogP) is 4.08. The number of anilines is 2. The van der Waals surface area contributed by atoms with Crippen molar-refractivity contribution in [1.29, 1.82) is 0 Å². The van der Waals surface area contributed by atoms with Gasteiger partial charge in [0.1, 0.15) is 17.0 Å². The summed E-state index contributed by atoms with van der Waals surface area (Å²) in [5.74, 6) is 2.23. The maximum absolute atomic E-state index is 5.27. The van der Waals surface area contributed by atoms with Crippen molar-refractivity contribution >= 4 is 22.6 Å². The van der Waals surface area contributed by atoms with Crippen LogP contribution in [0.25, 0.3) is 11.1 Å². The lowest BCUT2D eigenvalue weighted by Gasteiger charge is -2.32. The van der Waals surface area contributed by atoms with Crippen LogP contribution in [-0.2, 0) is 6.54 Å². The number of fused-ring (bicyclic) bond motifs is 1. The second-order valence-electron chi connectivity index (χ2n) is 7.28. The molecule has 0 aliphatic carbocycles. The lowest BCUT2D eigenvalue weighted by molar-refractivity contribution is 0.442. The quantitative estimate of drug-likeness (QED) is 0.764. The first-order valence-corrected chi connectivity index (χ1v) is 9.28. The van der Waals surface area contributed by atoms with E-state index in [9.17, 15) is 0 Å². The molecule has 2 aromatic heterocycles. The molecule has 1 aliphatic rings. The summed E-state index contributed by atoms with van der Waals surface area (Å²) in [5, 5.41) is 8.27. The molecule has 1 N–H and O–H groups in total. The molecule has 1 aliphatic heterocycles. The van der Waals surface area contributed by atoms with Crippen LogP contribution in [-0.4, -0.2) is 28.2 Å². The standard InChI is InChI=1S/C20H25N5O/c1-13-5-4-10-25(12-13)17-8-6-16(7-9-17)11-21-19-18-14(2)24-26-20(18)23-15(3)22-19/h6-9,13H,4-5,10-12H2,1-3H3,(H,21,22,23)/t13-/m1/s1. The second kappa shape index (κ2) is 6.94. The van der Waals surface area contributed by atoms with E-state index in [4.69, 9.17) is 4.52 Å². The van der Waals surface area contributed by atoms with Gasteiger partial charge in [-0.15, -0.1) is 0 Å². The summed E-state index contributed by atoms with van der Waals surface area (Å²) in [6.07, 6.45) is 2.62. The van der Waals surface area contributed by atoms with Gasteiger partial charge in [0.05, 0.1) is 5.69 Å². The molecule has 6 heteroatoms. The van der Waals surface area contributed by atoms with Gasteiger partial charge in [-0.25, -0.2) is 4.98 Å². The molecule has 0 saturated carbocycles. The Morgan fingerprint density at radius 1 is 1.19 bits per heavy atom. The van der Waals surface area contributed by atoms with E-state index in [0.717, 1.165) is 35.9 Å². The van der Waals surface area contributed by atoms with Crippen molar-refractivity contribution in [3.8, 4) is 0 Å². The number of nitrogens with zero attached hydrogens (tertiary/aromatic N) is 4. The monoisotopic (exact) mass is 351 g/mol. The van der Waals surface area contributed by atoms with Crippen molar-refractivity contribution in [2.45, 2.75) is 40.2 Å². The number of hydrogen-bond acceptors (Lipinski definition) is 6. The van der Waals surface area contributed by atoms with Crippen LogP contribution in [0.1, 0.15) is 36.8 Å². The Morgan fingerprint density at radius 3 is 2.77 bits per heavy atom. The summed E-state index contributed by atoms with van der Waals surface area (Å²) >= 11 is 0. The fraction of sp³-hybridized carbons (Fsp3) is 0.450. The van der Waals surface area contributed by atoms with E-state index in [1.165, 1.54) is 24.1 Å². The molecule has 1 aromatic carbocycles. The minimum Gasteiger partial charge on any atom is -0.371 e. The second-order valence-corrected chi connectivity index (χ2v) is 7.28. The number of piperidine rings is 1. The van der Waals surface area contributed by atoms with Crippen molar-refractivity contribution < 1.29 is 4.52 Å². The minimum atomic E-state index is 0.534. The number of aromatic nitrogens is 3. The number of hydrogen-bond donors (Lipinski definition) is 1. The van der Waals surface area contributed by atoms with Crippen LogP contribution in [0.5, 0.6) is 0 Å². The first-order valence-electron chi connectivity index (χ1n) is 9.28. The molecular weight excluding hydrogens is 326 g/mol. The van der Waals surface area contributed by atoms with E-state index in [2.05, 4.69) is 56.5 Å². The fourth-order valence-corrected chi connectivity index (χ4v) is 3.66. The van der Waals surface area contributed by atoms with Gasteiger partial charge in [0, 0.05) is 25.3 Å². The van der Waals surface area contributed by atoms with Gasteiger partial charge in [-0.1, -0.05) is 24.2 Å². The molecule has 26 heavy (non-hydrogen) atoms. The van der Waals surface area contributed by atoms with Crippen LogP contribution in [0.3, 0.4) is 0 Å². The Hall–Kier alpha value is -2.63. The predicted molar refractivity (Wildman–Crippen MR) is 103 cm³/mol. The van der Waals surface area contributed by atoms with Crippen LogP contribution in [0.2, 0.25) is 0 Å². The Balaban J connectivity index is 1.48. The van der Waals surface area contributed by atoms with E-state index < -0.39 is 0 Å². The normalized spacial score (nSPS) is 17.7. The Labute approximate surface area is 153 Å². The van der Waals surface area contributed by atoms with Gasteiger partial charge in [0.25, 0.3) is 5.71 Å². The highest BCUT2D eigenvalue weighted by atomic mass is 16.5. The average Bonchev–Trinajstić information content (AvgIpc) is 3.01. The molecule has 0 radical (unpaired) electrons. The summed E-state index contributed by atoms with van der Waals surface area (Å²) < 4.78 is 5.27. The van der Waals surface area contributed by atoms with E-state index in [1.54, 1.807) is 0 Å².